The first-order chi connectivity index (χ1) is 5.40. The van der Waals surface area contributed by atoms with Crippen LogP contribution in [0.2, 0.25) is 0 Å². The van der Waals surface area contributed by atoms with Crippen molar-refractivity contribution in [3.8, 4) is 0 Å². The van der Waals surface area contributed by atoms with Gasteiger partial charge in [-0.1, -0.05) is 0 Å². The number of hydrogen-bond donors (Lipinski definition) is 0. The fraction of sp³-hybridized carbons (Fsp3) is 0.500. The molecule has 2 nitrogen and oxygen atoms in total. The lowest BCUT2D eigenvalue weighted by Gasteiger charge is -2.14. The molecule has 0 saturated heterocycles. The van der Waals surface area contributed by atoms with E-state index in [1.54, 1.807) is 11.3 Å². The van der Waals surface area contributed by atoms with Crippen LogP contribution in [-0.2, 0) is 17.6 Å². The van der Waals surface area contributed by atoms with Gasteiger partial charge >= 0.3 is 0 Å². The summed E-state index contributed by atoms with van der Waals surface area (Å²) in [6.45, 7) is 0. The van der Waals surface area contributed by atoms with Crippen molar-refractivity contribution < 1.29 is 4.79 Å². The summed E-state index contributed by atoms with van der Waals surface area (Å²) in [5, 5.41) is 0. The van der Waals surface area contributed by atoms with E-state index in [-0.39, 0.29) is 5.92 Å². The van der Waals surface area contributed by atoms with E-state index in [2.05, 4.69) is 4.98 Å². The van der Waals surface area contributed by atoms with Gasteiger partial charge in [-0.2, -0.15) is 0 Å². The lowest BCUT2D eigenvalue weighted by molar-refractivity contribution is -0.111. The zero-order valence-electron chi connectivity index (χ0n) is 6.12. The standard InChI is InChI=1S/C8H9NOS/c10-4-6-1-2-7-8(3-6)11-5-9-7/h4-6H,1-3H2. The molecule has 3 heteroatoms. The Hall–Kier alpha value is -0.700. The minimum atomic E-state index is 0.253. The minimum Gasteiger partial charge on any atom is -0.303 e. The number of thiazole rings is 1. The molecule has 0 bridgehead atoms. The van der Waals surface area contributed by atoms with Gasteiger partial charge in [-0.25, -0.2) is 4.98 Å². The summed E-state index contributed by atoms with van der Waals surface area (Å²) in [7, 11) is 0. The van der Waals surface area contributed by atoms with E-state index in [1.165, 1.54) is 10.6 Å². The molecule has 11 heavy (non-hydrogen) atoms. The van der Waals surface area contributed by atoms with Crippen LogP contribution < -0.4 is 0 Å². The van der Waals surface area contributed by atoms with E-state index >= 15 is 0 Å². The Labute approximate surface area is 69.3 Å². The Morgan fingerprint density at radius 1 is 1.73 bits per heavy atom. The van der Waals surface area contributed by atoms with Crippen LogP contribution in [0.4, 0.5) is 0 Å². The maximum Gasteiger partial charge on any atom is 0.123 e. The van der Waals surface area contributed by atoms with Crippen LogP contribution in [0.25, 0.3) is 0 Å². The highest BCUT2D eigenvalue weighted by atomic mass is 32.1. The zero-order chi connectivity index (χ0) is 7.68. The maximum absolute atomic E-state index is 10.5. The van der Waals surface area contributed by atoms with Crippen molar-refractivity contribution >= 4 is 17.6 Å². The van der Waals surface area contributed by atoms with E-state index in [1.807, 2.05) is 5.51 Å². The predicted molar refractivity (Wildman–Crippen MR) is 43.7 cm³/mol. The van der Waals surface area contributed by atoms with Gasteiger partial charge in [0.25, 0.3) is 0 Å². The van der Waals surface area contributed by atoms with Crippen molar-refractivity contribution in [1.29, 1.82) is 0 Å². The van der Waals surface area contributed by atoms with Crippen LogP contribution in [-0.4, -0.2) is 11.3 Å². The van der Waals surface area contributed by atoms with Gasteiger partial charge in [0.2, 0.25) is 0 Å². The number of carbonyl (C=O) groups excluding carboxylic acids is 1. The summed E-state index contributed by atoms with van der Waals surface area (Å²) in [4.78, 5) is 16.0. The second kappa shape index (κ2) is 2.74. The number of carbonyl (C=O) groups is 1. The highest BCUT2D eigenvalue weighted by molar-refractivity contribution is 7.09. The van der Waals surface area contributed by atoms with Crippen molar-refractivity contribution in [2.45, 2.75) is 19.3 Å². The van der Waals surface area contributed by atoms with Crippen molar-refractivity contribution in [2.24, 2.45) is 5.92 Å². The van der Waals surface area contributed by atoms with E-state index in [4.69, 9.17) is 0 Å². The summed E-state index contributed by atoms with van der Waals surface area (Å²) in [6, 6.07) is 0. The first-order valence-electron chi connectivity index (χ1n) is 3.76. The minimum absolute atomic E-state index is 0.253. The third kappa shape index (κ3) is 1.20. The molecule has 1 aromatic heterocycles. The smallest absolute Gasteiger partial charge is 0.123 e. The van der Waals surface area contributed by atoms with Crippen LogP contribution in [0, 0.1) is 5.92 Å². The van der Waals surface area contributed by atoms with Gasteiger partial charge in [-0.05, 0) is 19.3 Å². The highest BCUT2D eigenvalue weighted by Crippen LogP contribution is 2.26. The summed E-state index contributed by atoms with van der Waals surface area (Å²) in [5.74, 6) is 0.253. The molecule has 1 atom stereocenters. The number of nitrogens with zero attached hydrogens (tertiary/aromatic N) is 1. The number of fused-ring (bicyclic) bond motifs is 1. The molecule has 0 amide bonds. The first kappa shape index (κ1) is 6.98. The van der Waals surface area contributed by atoms with E-state index in [0.717, 1.165) is 25.5 Å². The number of aryl methyl sites for hydroxylation is 1. The molecular weight excluding hydrogens is 158 g/mol. The van der Waals surface area contributed by atoms with Crippen LogP contribution in [0.3, 0.4) is 0 Å². The SMILES string of the molecule is O=CC1CCc2ncsc2C1. The maximum atomic E-state index is 10.5. The molecule has 58 valence electrons. The molecular formula is C8H9NOS. The summed E-state index contributed by atoms with van der Waals surface area (Å²) in [6.07, 6.45) is 3.97. The molecule has 2 rings (SSSR count). The second-order valence-corrected chi connectivity index (χ2v) is 3.80. The number of aromatic nitrogens is 1. The molecule has 0 radical (unpaired) electrons. The summed E-state index contributed by atoms with van der Waals surface area (Å²) in [5.41, 5.74) is 3.09. The number of rotatable bonds is 1. The zero-order valence-corrected chi connectivity index (χ0v) is 6.93. The molecule has 1 aliphatic carbocycles. The molecule has 0 aliphatic heterocycles. The third-order valence-corrected chi connectivity index (χ3v) is 3.01. The van der Waals surface area contributed by atoms with E-state index < -0.39 is 0 Å². The molecule has 1 aliphatic rings. The number of aldehydes is 1. The van der Waals surface area contributed by atoms with Crippen LogP contribution >= 0.6 is 11.3 Å². The van der Waals surface area contributed by atoms with E-state index in [0.29, 0.717) is 0 Å². The fourth-order valence-electron chi connectivity index (χ4n) is 1.44. The van der Waals surface area contributed by atoms with E-state index in [9.17, 15) is 4.79 Å². The van der Waals surface area contributed by atoms with Crippen LogP contribution in [0.1, 0.15) is 17.0 Å². The Bertz CT molecular complexity index is 269. The third-order valence-electron chi connectivity index (χ3n) is 2.12. The first-order valence-corrected chi connectivity index (χ1v) is 4.64. The lowest BCUT2D eigenvalue weighted by atomic mass is 9.92. The highest BCUT2D eigenvalue weighted by Gasteiger charge is 2.19. The lowest BCUT2D eigenvalue weighted by Crippen LogP contribution is -2.13. The molecule has 0 N–H and O–H groups in total. The Morgan fingerprint density at radius 2 is 2.64 bits per heavy atom. The average Bonchev–Trinajstić information content (AvgIpc) is 2.50. The largest absolute Gasteiger partial charge is 0.303 e. The summed E-state index contributed by atoms with van der Waals surface area (Å²) >= 11 is 1.67. The molecule has 1 unspecified atom stereocenters. The summed E-state index contributed by atoms with van der Waals surface area (Å²) < 4.78 is 0. The molecule has 0 fully saturated rings. The Balaban J connectivity index is 2.24. The van der Waals surface area contributed by atoms with Crippen molar-refractivity contribution in [3.05, 3.63) is 16.1 Å². The van der Waals surface area contributed by atoms with Gasteiger partial charge < -0.3 is 4.79 Å². The molecule has 1 heterocycles. The average molecular weight is 167 g/mol. The van der Waals surface area contributed by atoms with Crippen molar-refractivity contribution in [3.63, 3.8) is 0 Å². The number of hydrogen-bond acceptors (Lipinski definition) is 3. The van der Waals surface area contributed by atoms with Gasteiger partial charge in [0.05, 0.1) is 11.2 Å². The Kier molecular flexibility index (Phi) is 1.74. The monoisotopic (exact) mass is 167 g/mol. The van der Waals surface area contributed by atoms with Gasteiger partial charge in [0.1, 0.15) is 6.29 Å². The predicted octanol–water partition coefficient (Wildman–Crippen LogP) is 1.45. The van der Waals surface area contributed by atoms with Gasteiger partial charge in [0, 0.05) is 10.8 Å². The van der Waals surface area contributed by atoms with Gasteiger partial charge in [0.15, 0.2) is 0 Å². The Morgan fingerprint density at radius 3 is 3.45 bits per heavy atom. The normalized spacial score (nSPS) is 22.7. The molecule has 0 spiro atoms. The fourth-order valence-corrected chi connectivity index (χ4v) is 2.35. The second-order valence-electron chi connectivity index (χ2n) is 2.86. The molecule has 0 saturated carbocycles. The topological polar surface area (TPSA) is 30.0 Å². The molecule has 1 aromatic rings. The molecule has 0 aromatic carbocycles. The van der Waals surface area contributed by atoms with Gasteiger partial charge in [-0.15, -0.1) is 11.3 Å². The van der Waals surface area contributed by atoms with Crippen LogP contribution in [0.15, 0.2) is 5.51 Å². The van der Waals surface area contributed by atoms with Crippen molar-refractivity contribution in [1.82, 2.24) is 4.98 Å². The van der Waals surface area contributed by atoms with Crippen LogP contribution in [0.5, 0.6) is 0 Å². The quantitative estimate of drug-likeness (QED) is 0.592. The van der Waals surface area contributed by atoms with Gasteiger partial charge in [-0.3, -0.25) is 0 Å². The van der Waals surface area contributed by atoms with Crippen molar-refractivity contribution in [2.75, 3.05) is 0 Å².